The molecule has 0 spiro atoms. The number of sulfonamides is 1. The second-order valence-corrected chi connectivity index (χ2v) is 7.17. The molecule has 0 atom stereocenters. The first-order chi connectivity index (χ1) is 9.79. The molecule has 9 heteroatoms. The predicted molar refractivity (Wildman–Crippen MR) is 78.9 cm³/mol. The van der Waals surface area contributed by atoms with Gasteiger partial charge in [-0.15, -0.1) is 10.2 Å². The molecule has 0 amide bonds. The van der Waals surface area contributed by atoms with Crippen LogP contribution in [0.2, 0.25) is 10.0 Å². The number of hydrogen-bond acceptors (Lipinski definition) is 5. The molecule has 6 nitrogen and oxygen atoms in total. The molecule has 0 saturated carbocycles. The highest BCUT2D eigenvalue weighted by Crippen LogP contribution is 2.24. The molecule has 21 heavy (non-hydrogen) atoms. The lowest BCUT2D eigenvalue weighted by molar-refractivity contribution is 0.427. The topological polar surface area (TPSA) is 85.1 Å². The van der Waals surface area contributed by atoms with Crippen molar-refractivity contribution in [2.24, 2.45) is 0 Å². The molecule has 0 aliphatic heterocycles. The smallest absolute Gasteiger partial charge is 0.241 e. The summed E-state index contributed by atoms with van der Waals surface area (Å²) in [6.07, 6.45) is 0. The van der Waals surface area contributed by atoms with Crippen LogP contribution in [0.5, 0.6) is 0 Å². The zero-order chi connectivity index (χ0) is 15.6. The number of rotatable bonds is 5. The van der Waals surface area contributed by atoms with Gasteiger partial charge in [-0.3, -0.25) is 0 Å². The Morgan fingerprint density at radius 3 is 2.52 bits per heavy atom. The molecule has 0 radical (unpaired) electrons. The van der Waals surface area contributed by atoms with Crippen LogP contribution in [0.3, 0.4) is 0 Å². The van der Waals surface area contributed by atoms with E-state index in [2.05, 4.69) is 14.9 Å². The van der Waals surface area contributed by atoms with Crippen LogP contribution in [-0.2, 0) is 16.6 Å². The van der Waals surface area contributed by atoms with Crippen LogP contribution in [0.25, 0.3) is 0 Å². The van der Waals surface area contributed by atoms with Crippen LogP contribution >= 0.6 is 23.2 Å². The second-order valence-electron chi connectivity index (χ2n) is 4.59. The van der Waals surface area contributed by atoms with Crippen molar-refractivity contribution < 1.29 is 12.8 Å². The van der Waals surface area contributed by atoms with Gasteiger partial charge in [-0.05, 0) is 18.2 Å². The van der Waals surface area contributed by atoms with Crippen molar-refractivity contribution in [3.05, 3.63) is 40.0 Å². The SMILES string of the molecule is CC(C)c1nnc(CNS(=O)(=O)c2ccc(Cl)c(Cl)c2)o1. The van der Waals surface area contributed by atoms with Gasteiger partial charge in [0.25, 0.3) is 0 Å². The summed E-state index contributed by atoms with van der Waals surface area (Å²) in [4.78, 5) is 0.0144. The summed E-state index contributed by atoms with van der Waals surface area (Å²) in [5, 5.41) is 8.05. The standard InChI is InChI=1S/C12H13Cl2N3O3S/c1-7(2)12-17-16-11(20-12)6-15-21(18,19)8-3-4-9(13)10(14)5-8/h3-5,7,15H,6H2,1-2H3. The van der Waals surface area contributed by atoms with Crippen molar-refractivity contribution in [3.63, 3.8) is 0 Å². The summed E-state index contributed by atoms with van der Waals surface area (Å²) in [6.45, 7) is 3.71. The molecular weight excluding hydrogens is 337 g/mol. The number of nitrogens with one attached hydrogen (secondary N) is 1. The summed E-state index contributed by atoms with van der Waals surface area (Å²) in [5.41, 5.74) is 0. The fourth-order valence-corrected chi connectivity index (χ4v) is 2.82. The van der Waals surface area contributed by atoms with E-state index in [1.165, 1.54) is 18.2 Å². The van der Waals surface area contributed by atoms with Gasteiger partial charge in [0, 0.05) is 5.92 Å². The molecule has 1 N–H and O–H groups in total. The summed E-state index contributed by atoms with van der Waals surface area (Å²) < 4.78 is 31.9. The zero-order valence-corrected chi connectivity index (χ0v) is 13.6. The molecule has 1 aromatic carbocycles. The summed E-state index contributed by atoms with van der Waals surface area (Å²) in [5.74, 6) is 0.735. The lowest BCUT2D eigenvalue weighted by Crippen LogP contribution is -2.23. The highest BCUT2D eigenvalue weighted by Gasteiger charge is 2.17. The first-order valence-corrected chi connectivity index (χ1v) is 8.30. The van der Waals surface area contributed by atoms with Gasteiger partial charge in [0.05, 0.1) is 21.5 Å². The molecule has 1 heterocycles. The Balaban J connectivity index is 2.11. The Kier molecular flexibility index (Phi) is 4.88. The fourth-order valence-electron chi connectivity index (χ4n) is 1.46. The van der Waals surface area contributed by atoms with Crippen LogP contribution in [-0.4, -0.2) is 18.6 Å². The van der Waals surface area contributed by atoms with Gasteiger partial charge in [-0.1, -0.05) is 37.0 Å². The third kappa shape index (κ3) is 3.94. The van der Waals surface area contributed by atoms with E-state index in [1.54, 1.807) is 0 Å². The third-order valence-corrected chi connectivity index (χ3v) is 4.73. The van der Waals surface area contributed by atoms with Gasteiger partial charge >= 0.3 is 0 Å². The summed E-state index contributed by atoms with van der Waals surface area (Å²) >= 11 is 11.6. The lowest BCUT2D eigenvalue weighted by atomic mass is 10.2. The Morgan fingerprint density at radius 1 is 1.24 bits per heavy atom. The maximum absolute atomic E-state index is 12.1. The van der Waals surface area contributed by atoms with Gasteiger partial charge < -0.3 is 4.42 Å². The quantitative estimate of drug-likeness (QED) is 0.896. The molecule has 2 aromatic rings. The Hall–Kier alpha value is -1.15. The van der Waals surface area contributed by atoms with Gasteiger partial charge in [0.2, 0.25) is 21.8 Å². The molecule has 0 fully saturated rings. The second kappa shape index (κ2) is 6.31. The van der Waals surface area contributed by atoms with Crippen molar-refractivity contribution >= 4 is 33.2 Å². The van der Waals surface area contributed by atoms with Gasteiger partial charge in [0.1, 0.15) is 0 Å². The molecule has 1 aromatic heterocycles. The summed E-state index contributed by atoms with van der Waals surface area (Å²) in [6, 6.07) is 4.06. The molecule has 0 bridgehead atoms. The normalized spacial score (nSPS) is 12.0. The molecule has 0 aliphatic rings. The van der Waals surface area contributed by atoms with Crippen molar-refractivity contribution in [3.8, 4) is 0 Å². The molecule has 0 unspecified atom stereocenters. The Morgan fingerprint density at radius 2 is 1.95 bits per heavy atom. The van der Waals surface area contributed by atoms with Crippen molar-refractivity contribution in [2.45, 2.75) is 31.2 Å². The van der Waals surface area contributed by atoms with E-state index in [4.69, 9.17) is 27.6 Å². The molecule has 114 valence electrons. The first-order valence-electron chi connectivity index (χ1n) is 6.06. The van der Waals surface area contributed by atoms with E-state index >= 15 is 0 Å². The highest BCUT2D eigenvalue weighted by atomic mass is 35.5. The molecule has 2 rings (SSSR count). The summed E-state index contributed by atoms with van der Waals surface area (Å²) in [7, 11) is -3.73. The van der Waals surface area contributed by atoms with E-state index in [9.17, 15) is 8.42 Å². The molecular formula is C12H13Cl2N3O3S. The van der Waals surface area contributed by atoms with Crippen LogP contribution in [0.4, 0.5) is 0 Å². The zero-order valence-electron chi connectivity index (χ0n) is 11.3. The largest absolute Gasteiger partial charge is 0.424 e. The van der Waals surface area contributed by atoms with E-state index in [1.807, 2.05) is 13.8 Å². The number of aromatic nitrogens is 2. The van der Waals surface area contributed by atoms with Crippen LogP contribution < -0.4 is 4.72 Å². The number of halogens is 2. The lowest BCUT2D eigenvalue weighted by Gasteiger charge is -2.05. The number of hydrogen-bond donors (Lipinski definition) is 1. The Labute approximate surface area is 132 Å². The van der Waals surface area contributed by atoms with Crippen molar-refractivity contribution in [1.82, 2.24) is 14.9 Å². The highest BCUT2D eigenvalue weighted by molar-refractivity contribution is 7.89. The van der Waals surface area contributed by atoms with E-state index in [0.29, 0.717) is 5.89 Å². The van der Waals surface area contributed by atoms with Crippen LogP contribution in [0.1, 0.15) is 31.5 Å². The average Bonchev–Trinajstić information content (AvgIpc) is 2.89. The van der Waals surface area contributed by atoms with Gasteiger partial charge in [-0.25, -0.2) is 13.1 Å². The molecule has 0 aliphatic carbocycles. The number of nitrogens with zero attached hydrogens (tertiary/aromatic N) is 2. The minimum Gasteiger partial charge on any atom is -0.424 e. The maximum Gasteiger partial charge on any atom is 0.241 e. The maximum atomic E-state index is 12.1. The number of benzene rings is 1. The van der Waals surface area contributed by atoms with Crippen molar-refractivity contribution in [1.29, 1.82) is 0 Å². The first kappa shape index (κ1) is 16.2. The fraction of sp³-hybridized carbons (Fsp3) is 0.333. The van der Waals surface area contributed by atoms with Crippen LogP contribution in [0, 0.1) is 0 Å². The van der Waals surface area contributed by atoms with Crippen LogP contribution in [0.15, 0.2) is 27.5 Å². The predicted octanol–water partition coefficient (Wildman–Crippen LogP) is 2.98. The Bertz CT molecular complexity index is 744. The average molecular weight is 350 g/mol. The third-order valence-electron chi connectivity index (χ3n) is 2.59. The van der Waals surface area contributed by atoms with Gasteiger partial charge in [-0.2, -0.15) is 0 Å². The minimum atomic E-state index is -3.73. The van der Waals surface area contributed by atoms with E-state index < -0.39 is 10.0 Å². The molecule has 0 saturated heterocycles. The minimum absolute atomic E-state index is 0.0144. The van der Waals surface area contributed by atoms with Gasteiger partial charge in [0.15, 0.2) is 0 Å². The monoisotopic (exact) mass is 349 g/mol. The van der Waals surface area contributed by atoms with E-state index in [0.717, 1.165) is 0 Å². The van der Waals surface area contributed by atoms with Crippen molar-refractivity contribution in [2.75, 3.05) is 0 Å². The van der Waals surface area contributed by atoms with E-state index in [-0.39, 0.29) is 33.3 Å².